The van der Waals surface area contributed by atoms with Gasteiger partial charge in [0.15, 0.2) is 0 Å². The molecule has 0 aliphatic carbocycles. The molecule has 6 heteroatoms. The van der Waals surface area contributed by atoms with Gasteiger partial charge in [0.05, 0.1) is 11.2 Å². The summed E-state index contributed by atoms with van der Waals surface area (Å²) in [5.41, 5.74) is -0.285. The van der Waals surface area contributed by atoms with Gasteiger partial charge < -0.3 is 9.31 Å². The highest BCUT2D eigenvalue weighted by Gasteiger charge is 2.52. The highest BCUT2D eigenvalue weighted by atomic mass is 32.2. The fourth-order valence-electron chi connectivity index (χ4n) is 1.85. The fourth-order valence-corrected chi connectivity index (χ4v) is 2.50. The molecule has 19 heavy (non-hydrogen) atoms. The summed E-state index contributed by atoms with van der Waals surface area (Å²) in [6, 6.07) is 6.97. The van der Waals surface area contributed by atoms with E-state index >= 15 is 0 Å². The zero-order chi connectivity index (χ0) is 14.3. The first-order valence-electron chi connectivity index (χ1n) is 6.12. The second-order valence-electron chi connectivity index (χ2n) is 5.50. The molecule has 1 heterocycles. The number of halogens is 2. The molecule has 0 bridgehead atoms. The lowest BCUT2D eigenvalue weighted by Crippen LogP contribution is -2.41. The first-order valence-corrected chi connectivity index (χ1v) is 7.00. The molecule has 1 aromatic rings. The van der Waals surface area contributed by atoms with Crippen molar-refractivity contribution in [3.05, 3.63) is 24.3 Å². The Balaban J connectivity index is 2.29. The SMILES string of the molecule is CC1(C)OB(c2ccccc2SC(F)F)OC1(C)C. The Morgan fingerprint density at radius 3 is 2.11 bits per heavy atom. The van der Waals surface area contributed by atoms with Crippen molar-refractivity contribution in [1.82, 2.24) is 0 Å². The average molecular weight is 286 g/mol. The van der Waals surface area contributed by atoms with E-state index in [0.717, 1.165) is 0 Å². The number of thioether (sulfide) groups is 1. The maximum atomic E-state index is 12.6. The molecule has 104 valence electrons. The van der Waals surface area contributed by atoms with Gasteiger partial charge in [-0.1, -0.05) is 30.0 Å². The number of rotatable bonds is 3. The predicted molar refractivity (Wildman–Crippen MR) is 74.0 cm³/mol. The lowest BCUT2D eigenvalue weighted by Gasteiger charge is -2.32. The van der Waals surface area contributed by atoms with E-state index < -0.39 is 24.1 Å². The van der Waals surface area contributed by atoms with Crippen LogP contribution in [-0.2, 0) is 9.31 Å². The minimum Gasteiger partial charge on any atom is -0.399 e. The van der Waals surface area contributed by atoms with Gasteiger partial charge in [-0.2, -0.15) is 8.78 Å². The molecule has 0 saturated carbocycles. The molecule has 0 amide bonds. The van der Waals surface area contributed by atoms with Crippen LogP contribution in [0.15, 0.2) is 29.2 Å². The van der Waals surface area contributed by atoms with Gasteiger partial charge in [0.2, 0.25) is 0 Å². The van der Waals surface area contributed by atoms with Crippen molar-refractivity contribution in [2.45, 2.75) is 49.6 Å². The number of hydrogen-bond acceptors (Lipinski definition) is 3. The topological polar surface area (TPSA) is 18.5 Å². The largest absolute Gasteiger partial charge is 0.495 e. The molecule has 0 aromatic heterocycles. The highest BCUT2D eigenvalue weighted by molar-refractivity contribution is 7.99. The summed E-state index contributed by atoms with van der Waals surface area (Å²) in [4.78, 5) is 0.496. The average Bonchev–Trinajstić information content (AvgIpc) is 2.48. The lowest BCUT2D eigenvalue weighted by molar-refractivity contribution is 0.00578. The zero-order valence-electron chi connectivity index (χ0n) is 11.4. The Hall–Kier alpha value is -0.585. The highest BCUT2D eigenvalue weighted by Crippen LogP contribution is 2.37. The molecule has 0 spiro atoms. The van der Waals surface area contributed by atoms with Crippen LogP contribution in [0.1, 0.15) is 27.7 Å². The molecule has 0 atom stereocenters. The monoisotopic (exact) mass is 286 g/mol. The van der Waals surface area contributed by atoms with E-state index in [0.29, 0.717) is 22.1 Å². The number of alkyl halides is 2. The molecule has 1 saturated heterocycles. The van der Waals surface area contributed by atoms with E-state index in [2.05, 4.69) is 0 Å². The normalized spacial score (nSPS) is 21.1. The van der Waals surface area contributed by atoms with Gasteiger partial charge in [-0.3, -0.25) is 0 Å². The van der Waals surface area contributed by atoms with Crippen molar-refractivity contribution in [1.29, 1.82) is 0 Å². The van der Waals surface area contributed by atoms with Crippen molar-refractivity contribution in [3.63, 3.8) is 0 Å². The van der Waals surface area contributed by atoms with Crippen LogP contribution in [0.3, 0.4) is 0 Å². The molecule has 0 radical (unpaired) electrons. The second-order valence-corrected chi connectivity index (χ2v) is 6.54. The molecule has 1 aliphatic heterocycles. The van der Waals surface area contributed by atoms with Crippen molar-refractivity contribution in [3.8, 4) is 0 Å². The van der Waals surface area contributed by atoms with Gasteiger partial charge in [0.25, 0.3) is 5.76 Å². The Morgan fingerprint density at radius 2 is 1.58 bits per heavy atom. The third-order valence-electron chi connectivity index (χ3n) is 3.64. The van der Waals surface area contributed by atoms with Crippen LogP contribution >= 0.6 is 11.8 Å². The standard InChI is InChI=1S/C13H17BF2O2S/c1-12(2)13(3,4)18-14(17-12)9-7-5-6-8-10(9)19-11(15)16/h5-8,11H,1-4H3. The van der Waals surface area contributed by atoms with Gasteiger partial charge in [-0.25, -0.2) is 0 Å². The van der Waals surface area contributed by atoms with E-state index in [1.807, 2.05) is 27.7 Å². The van der Waals surface area contributed by atoms with Crippen molar-refractivity contribution >= 4 is 24.3 Å². The maximum Gasteiger partial charge on any atom is 0.495 e. The van der Waals surface area contributed by atoms with E-state index in [1.165, 1.54) is 0 Å². The van der Waals surface area contributed by atoms with Crippen molar-refractivity contribution < 1.29 is 18.1 Å². The molecule has 2 rings (SSSR count). The Labute approximate surface area is 117 Å². The van der Waals surface area contributed by atoms with Gasteiger partial charge in [0.1, 0.15) is 0 Å². The van der Waals surface area contributed by atoms with Crippen LogP contribution in [0.2, 0.25) is 0 Å². The van der Waals surface area contributed by atoms with Crippen LogP contribution in [0, 0.1) is 0 Å². The summed E-state index contributed by atoms with van der Waals surface area (Å²) in [6.07, 6.45) is 0. The molecule has 0 N–H and O–H groups in total. The maximum absolute atomic E-state index is 12.6. The van der Waals surface area contributed by atoms with Gasteiger partial charge in [-0.05, 0) is 39.2 Å². The van der Waals surface area contributed by atoms with Crippen LogP contribution in [-0.4, -0.2) is 24.1 Å². The Bertz CT molecular complexity index is 450. The van der Waals surface area contributed by atoms with E-state index in [-0.39, 0.29) is 0 Å². The van der Waals surface area contributed by atoms with Gasteiger partial charge >= 0.3 is 7.12 Å². The summed E-state index contributed by atoms with van der Waals surface area (Å²) in [6.45, 7) is 7.76. The molecule has 1 aliphatic rings. The van der Waals surface area contributed by atoms with Crippen LogP contribution in [0.25, 0.3) is 0 Å². The first kappa shape index (κ1) is 14.8. The first-order chi connectivity index (χ1) is 8.73. The third kappa shape index (κ3) is 2.96. The minimum absolute atomic E-state index is 0.472. The molecular formula is C13H17BF2O2S. The second kappa shape index (κ2) is 5.07. The molecule has 1 fully saturated rings. The van der Waals surface area contributed by atoms with E-state index in [1.54, 1.807) is 24.3 Å². The molecule has 2 nitrogen and oxygen atoms in total. The summed E-state index contributed by atoms with van der Waals surface area (Å²) >= 11 is 0.519. The third-order valence-corrected chi connectivity index (χ3v) is 4.45. The van der Waals surface area contributed by atoms with Crippen LogP contribution < -0.4 is 5.46 Å². The van der Waals surface area contributed by atoms with Gasteiger partial charge in [-0.15, -0.1) is 0 Å². The minimum atomic E-state index is -2.46. The predicted octanol–water partition coefficient (Wildman–Crippen LogP) is 3.30. The number of benzene rings is 1. The van der Waals surface area contributed by atoms with Crippen LogP contribution in [0.5, 0.6) is 0 Å². The van der Waals surface area contributed by atoms with E-state index in [9.17, 15) is 8.78 Å². The summed E-state index contributed by atoms with van der Waals surface area (Å²) in [7, 11) is -0.604. The van der Waals surface area contributed by atoms with Crippen molar-refractivity contribution in [2.75, 3.05) is 0 Å². The lowest BCUT2D eigenvalue weighted by atomic mass is 9.79. The smallest absolute Gasteiger partial charge is 0.399 e. The van der Waals surface area contributed by atoms with Gasteiger partial charge in [0, 0.05) is 4.90 Å². The fraction of sp³-hybridized carbons (Fsp3) is 0.538. The number of hydrogen-bond donors (Lipinski definition) is 0. The summed E-state index contributed by atoms with van der Waals surface area (Å²) in [5.74, 6) is -2.46. The van der Waals surface area contributed by atoms with E-state index in [4.69, 9.17) is 9.31 Å². The molecule has 0 unspecified atom stereocenters. The Kier molecular flexibility index (Phi) is 3.96. The quantitative estimate of drug-likeness (QED) is 0.627. The Morgan fingerprint density at radius 1 is 1.05 bits per heavy atom. The van der Waals surface area contributed by atoms with Crippen LogP contribution in [0.4, 0.5) is 8.78 Å². The summed E-state index contributed by atoms with van der Waals surface area (Å²) < 4.78 is 36.9. The summed E-state index contributed by atoms with van der Waals surface area (Å²) in [5, 5.41) is 0. The van der Waals surface area contributed by atoms with Crippen molar-refractivity contribution in [2.24, 2.45) is 0 Å². The zero-order valence-corrected chi connectivity index (χ0v) is 12.3. The molecule has 1 aromatic carbocycles. The molecular weight excluding hydrogens is 269 g/mol.